The summed E-state index contributed by atoms with van der Waals surface area (Å²) in [4.78, 5) is 0. The quantitative estimate of drug-likeness (QED) is 0.884. The number of nitriles is 1. The molecule has 0 saturated heterocycles. The molecule has 0 aromatic heterocycles. The third-order valence-corrected chi connectivity index (χ3v) is 3.23. The van der Waals surface area contributed by atoms with Gasteiger partial charge in [0.15, 0.2) is 11.6 Å². The van der Waals surface area contributed by atoms with Crippen LogP contribution in [0.15, 0.2) is 12.1 Å². The summed E-state index contributed by atoms with van der Waals surface area (Å²) >= 11 is 0. The Labute approximate surface area is 107 Å². The summed E-state index contributed by atoms with van der Waals surface area (Å²) in [5, 5.41) is 11.4. The SMILES string of the molecule is CC(CNc1c(F)cc(C#N)cc1F)C(C)(C)C. The lowest BCUT2D eigenvalue weighted by atomic mass is 9.82. The van der Waals surface area contributed by atoms with E-state index in [0.29, 0.717) is 6.54 Å². The summed E-state index contributed by atoms with van der Waals surface area (Å²) < 4.78 is 27.2. The number of benzene rings is 1. The van der Waals surface area contributed by atoms with Crippen LogP contribution < -0.4 is 5.32 Å². The van der Waals surface area contributed by atoms with E-state index in [1.165, 1.54) is 0 Å². The Morgan fingerprint density at radius 2 is 1.78 bits per heavy atom. The number of nitrogens with zero attached hydrogens (tertiary/aromatic N) is 1. The first-order chi connectivity index (χ1) is 8.25. The molecule has 0 saturated carbocycles. The van der Waals surface area contributed by atoms with Crippen molar-refractivity contribution in [1.82, 2.24) is 0 Å². The second kappa shape index (κ2) is 5.34. The van der Waals surface area contributed by atoms with Gasteiger partial charge >= 0.3 is 0 Å². The third kappa shape index (κ3) is 3.43. The Hall–Kier alpha value is -1.63. The minimum Gasteiger partial charge on any atom is -0.380 e. The molecule has 18 heavy (non-hydrogen) atoms. The maximum Gasteiger partial charge on any atom is 0.150 e. The van der Waals surface area contributed by atoms with Gasteiger partial charge in [-0.3, -0.25) is 0 Å². The van der Waals surface area contributed by atoms with Gasteiger partial charge in [0.25, 0.3) is 0 Å². The van der Waals surface area contributed by atoms with E-state index in [2.05, 4.69) is 26.1 Å². The van der Waals surface area contributed by atoms with Gasteiger partial charge in [-0.05, 0) is 23.5 Å². The van der Waals surface area contributed by atoms with Gasteiger partial charge in [-0.1, -0.05) is 27.7 Å². The molecule has 2 nitrogen and oxygen atoms in total. The van der Waals surface area contributed by atoms with Crippen molar-refractivity contribution in [3.05, 3.63) is 29.3 Å². The van der Waals surface area contributed by atoms with Crippen LogP contribution in [0.4, 0.5) is 14.5 Å². The van der Waals surface area contributed by atoms with Crippen molar-refractivity contribution in [2.24, 2.45) is 11.3 Å². The van der Waals surface area contributed by atoms with Gasteiger partial charge in [-0.25, -0.2) is 8.78 Å². The summed E-state index contributed by atoms with van der Waals surface area (Å²) in [5.74, 6) is -1.20. The summed E-state index contributed by atoms with van der Waals surface area (Å²) in [6, 6.07) is 3.79. The Morgan fingerprint density at radius 1 is 1.28 bits per heavy atom. The van der Waals surface area contributed by atoms with Crippen molar-refractivity contribution < 1.29 is 8.78 Å². The molecule has 0 aliphatic rings. The topological polar surface area (TPSA) is 35.8 Å². The Kier molecular flexibility index (Phi) is 4.28. The van der Waals surface area contributed by atoms with E-state index in [1.54, 1.807) is 6.07 Å². The second-order valence-corrected chi connectivity index (χ2v) is 5.57. The first kappa shape index (κ1) is 14.4. The molecule has 4 heteroatoms. The molecule has 0 aliphatic carbocycles. The molecule has 1 aromatic carbocycles. The van der Waals surface area contributed by atoms with Crippen molar-refractivity contribution in [2.45, 2.75) is 27.7 Å². The minimum atomic E-state index is -0.729. The first-order valence-electron chi connectivity index (χ1n) is 5.88. The van der Waals surface area contributed by atoms with Crippen LogP contribution in [-0.2, 0) is 0 Å². The summed E-state index contributed by atoms with van der Waals surface area (Å²) in [7, 11) is 0. The van der Waals surface area contributed by atoms with Gasteiger partial charge in [0.05, 0.1) is 11.6 Å². The van der Waals surface area contributed by atoms with E-state index in [-0.39, 0.29) is 22.6 Å². The van der Waals surface area contributed by atoms with Gasteiger partial charge in [0, 0.05) is 6.54 Å². The van der Waals surface area contributed by atoms with E-state index in [1.807, 2.05) is 6.92 Å². The van der Waals surface area contributed by atoms with E-state index >= 15 is 0 Å². The number of nitrogens with one attached hydrogen (secondary N) is 1. The molecule has 0 fully saturated rings. The van der Waals surface area contributed by atoms with Crippen molar-refractivity contribution >= 4 is 5.69 Å². The molecular weight excluding hydrogens is 234 g/mol. The fraction of sp³-hybridized carbons (Fsp3) is 0.500. The molecule has 0 amide bonds. The average Bonchev–Trinajstić information content (AvgIpc) is 2.25. The van der Waals surface area contributed by atoms with Crippen LogP contribution in [0.1, 0.15) is 33.3 Å². The van der Waals surface area contributed by atoms with Crippen LogP contribution in [0.5, 0.6) is 0 Å². The molecule has 0 radical (unpaired) electrons. The van der Waals surface area contributed by atoms with Crippen LogP contribution in [0.2, 0.25) is 0 Å². The van der Waals surface area contributed by atoms with Crippen molar-refractivity contribution in [2.75, 3.05) is 11.9 Å². The minimum absolute atomic E-state index is 0.0144. The zero-order chi connectivity index (χ0) is 13.9. The maximum absolute atomic E-state index is 13.6. The average molecular weight is 252 g/mol. The van der Waals surface area contributed by atoms with Gasteiger partial charge in [0.1, 0.15) is 5.69 Å². The lowest BCUT2D eigenvalue weighted by Gasteiger charge is -2.27. The highest BCUT2D eigenvalue weighted by molar-refractivity contribution is 5.50. The Morgan fingerprint density at radius 3 is 2.17 bits per heavy atom. The third-order valence-electron chi connectivity index (χ3n) is 3.23. The Balaban J connectivity index is 2.84. The Bertz CT molecular complexity index is 447. The molecule has 0 aliphatic heterocycles. The van der Waals surface area contributed by atoms with Crippen LogP contribution in [0.3, 0.4) is 0 Å². The predicted molar refractivity (Wildman–Crippen MR) is 68.2 cm³/mol. The zero-order valence-corrected chi connectivity index (χ0v) is 11.1. The molecule has 0 bridgehead atoms. The summed E-state index contributed by atoms with van der Waals surface area (Å²) in [6.45, 7) is 8.72. The maximum atomic E-state index is 13.6. The smallest absolute Gasteiger partial charge is 0.150 e. The van der Waals surface area contributed by atoms with E-state index in [4.69, 9.17) is 5.26 Å². The molecule has 1 rings (SSSR count). The van der Waals surface area contributed by atoms with Crippen molar-refractivity contribution in [3.8, 4) is 6.07 Å². The molecular formula is C14H18F2N2. The molecule has 1 aromatic rings. The van der Waals surface area contributed by atoms with Gasteiger partial charge in [-0.2, -0.15) is 5.26 Å². The standard InChI is InChI=1S/C14H18F2N2/c1-9(14(2,3)4)8-18-13-11(15)5-10(7-17)6-12(13)16/h5-6,9,18H,8H2,1-4H3. The second-order valence-electron chi connectivity index (χ2n) is 5.57. The van der Waals surface area contributed by atoms with Gasteiger partial charge in [0.2, 0.25) is 0 Å². The number of hydrogen-bond donors (Lipinski definition) is 1. The summed E-state index contributed by atoms with van der Waals surface area (Å²) in [6.07, 6.45) is 0. The molecule has 1 N–H and O–H groups in total. The molecule has 0 spiro atoms. The van der Waals surface area contributed by atoms with E-state index < -0.39 is 11.6 Å². The fourth-order valence-electron chi connectivity index (χ4n) is 1.37. The van der Waals surface area contributed by atoms with E-state index in [9.17, 15) is 8.78 Å². The molecule has 1 unspecified atom stereocenters. The van der Waals surface area contributed by atoms with Gasteiger partial charge < -0.3 is 5.32 Å². The van der Waals surface area contributed by atoms with Crippen molar-refractivity contribution in [3.63, 3.8) is 0 Å². The summed E-state index contributed by atoms with van der Waals surface area (Å²) in [5.41, 5.74) is -0.114. The number of rotatable bonds is 3. The normalized spacial score (nSPS) is 12.9. The van der Waals surface area contributed by atoms with E-state index in [0.717, 1.165) is 12.1 Å². The lowest BCUT2D eigenvalue weighted by Crippen LogP contribution is -2.25. The fourth-order valence-corrected chi connectivity index (χ4v) is 1.37. The monoisotopic (exact) mass is 252 g/mol. The zero-order valence-electron chi connectivity index (χ0n) is 11.1. The predicted octanol–water partition coefficient (Wildman–Crippen LogP) is 3.93. The highest BCUT2D eigenvalue weighted by Gasteiger charge is 2.20. The van der Waals surface area contributed by atoms with Crippen LogP contribution >= 0.6 is 0 Å². The number of hydrogen-bond acceptors (Lipinski definition) is 2. The van der Waals surface area contributed by atoms with Crippen LogP contribution in [-0.4, -0.2) is 6.54 Å². The highest BCUT2D eigenvalue weighted by atomic mass is 19.1. The number of anilines is 1. The van der Waals surface area contributed by atoms with Crippen LogP contribution in [0, 0.1) is 34.3 Å². The molecule has 98 valence electrons. The molecule has 0 heterocycles. The molecule has 1 atom stereocenters. The van der Waals surface area contributed by atoms with Crippen LogP contribution in [0.25, 0.3) is 0 Å². The lowest BCUT2D eigenvalue weighted by molar-refractivity contribution is 0.274. The highest BCUT2D eigenvalue weighted by Crippen LogP contribution is 2.27. The van der Waals surface area contributed by atoms with Crippen molar-refractivity contribution in [1.29, 1.82) is 5.26 Å². The number of halogens is 2. The van der Waals surface area contributed by atoms with Gasteiger partial charge in [-0.15, -0.1) is 0 Å². The largest absolute Gasteiger partial charge is 0.380 e. The first-order valence-corrected chi connectivity index (χ1v) is 5.88.